The summed E-state index contributed by atoms with van der Waals surface area (Å²) in [6.07, 6.45) is 0. The van der Waals surface area contributed by atoms with Gasteiger partial charge in [-0.05, 0) is 43.7 Å². The molecule has 0 saturated carbocycles. The van der Waals surface area contributed by atoms with Crippen molar-refractivity contribution in [3.05, 3.63) is 58.1 Å². The number of hydrogen-bond donors (Lipinski definition) is 0. The molecule has 0 atom stereocenters. The summed E-state index contributed by atoms with van der Waals surface area (Å²) in [5.74, 6) is 0.964. The Labute approximate surface area is 134 Å². The third kappa shape index (κ3) is 2.81. The van der Waals surface area contributed by atoms with E-state index in [4.69, 9.17) is 11.6 Å². The molecule has 3 rings (SSSR count). The fraction of sp³-hybridized carbons (Fsp3) is 0.235. The zero-order valence-corrected chi connectivity index (χ0v) is 13.6. The molecule has 2 aromatic rings. The van der Waals surface area contributed by atoms with Crippen LogP contribution in [0.5, 0.6) is 0 Å². The maximum atomic E-state index is 12.9. The molecule has 1 aliphatic rings. The van der Waals surface area contributed by atoms with E-state index in [9.17, 15) is 4.79 Å². The first kappa shape index (κ1) is 14.5. The maximum absolute atomic E-state index is 12.9. The molecule has 0 spiro atoms. The van der Waals surface area contributed by atoms with Gasteiger partial charge >= 0.3 is 0 Å². The average Bonchev–Trinajstić information content (AvgIpc) is 2.48. The highest BCUT2D eigenvalue weighted by molar-refractivity contribution is 7.99. The number of nitrogens with zero attached hydrogens (tertiary/aromatic N) is 1. The Hall–Kier alpha value is -1.45. The monoisotopic (exact) mass is 317 g/mol. The van der Waals surface area contributed by atoms with Crippen molar-refractivity contribution < 1.29 is 4.79 Å². The number of amides is 1. The number of fused-ring (bicyclic) bond motifs is 1. The van der Waals surface area contributed by atoms with Gasteiger partial charge in [-0.2, -0.15) is 0 Å². The predicted octanol–water partition coefficient (Wildman–Crippen LogP) is 4.71. The molecular formula is C17H16ClNOS. The fourth-order valence-electron chi connectivity index (χ4n) is 2.51. The summed E-state index contributed by atoms with van der Waals surface area (Å²) >= 11 is 7.87. The Balaban J connectivity index is 2.04. The summed E-state index contributed by atoms with van der Waals surface area (Å²) in [7, 11) is 0. The Bertz CT molecular complexity index is 714. The van der Waals surface area contributed by atoms with Crippen LogP contribution < -0.4 is 4.90 Å². The maximum Gasteiger partial charge on any atom is 0.258 e. The van der Waals surface area contributed by atoms with Gasteiger partial charge < -0.3 is 4.90 Å². The lowest BCUT2D eigenvalue weighted by Gasteiger charge is -2.29. The molecule has 4 heteroatoms. The summed E-state index contributed by atoms with van der Waals surface area (Å²) in [6.45, 7) is 4.70. The van der Waals surface area contributed by atoms with E-state index in [-0.39, 0.29) is 5.91 Å². The Kier molecular flexibility index (Phi) is 3.96. The highest BCUT2D eigenvalue weighted by atomic mass is 35.5. The molecule has 1 heterocycles. The SMILES string of the molecule is Cc1ccc(C)c(C(=O)N2CCSc3ccc(Cl)cc32)c1. The van der Waals surface area contributed by atoms with Crippen molar-refractivity contribution in [1.29, 1.82) is 0 Å². The lowest BCUT2D eigenvalue weighted by Crippen LogP contribution is -2.35. The van der Waals surface area contributed by atoms with E-state index < -0.39 is 0 Å². The van der Waals surface area contributed by atoms with Gasteiger partial charge in [-0.25, -0.2) is 0 Å². The van der Waals surface area contributed by atoms with Crippen LogP contribution in [0.1, 0.15) is 21.5 Å². The number of benzene rings is 2. The second-order valence-electron chi connectivity index (χ2n) is 5.24. The smallest absolute Gasteiger partial charge is 0.258 e. The molecule has 0 fully saturated rings. The average molecular weight is 318 g/mol. The van der Waals surface area contributed by atoms with Gasteiger partial charge in [0.25, 0.3) is 5.91 Å². The molecule has 0 saturated heterocycles. The van der Waals surface area contributed by atoms with Crippen molar-refractivity contribution in [3.8, 4) is 0 Å². The van der Waals surface area contributed by atoms with Crippen LogP contribution in [0.25, 0.3) is 0 Å². The first-order valence-corrected chi connectivity index (χ1v) is 8.24. The highest BCUT2D eigenvalue weighted by Crippen LogP contribution is 2.37. The van der Waals surface area contributed by atoms with Crippen LogP contribution in [-0.4, -0.2) is 18.2 Å². The zero-order valence-electron chi connectivity index (χ0n) is 12.0. The number of hydrogen-bond acceptors (Lipinski definition) is 2. The number of carbonyl (C=O) groups is 1. The molecule has 2 nitrogen and oxygen atoms in total. The van der Waals surface area contributed by atoms with Gasteiger partial charge in [0.05, 0.1) is 5.69 Å². The lowest BCUT2D eigenvalue weighted by molar-refractivity contribution is 0.0987. The Morgan fingerprint density at radius 2 is 2.00 bits per heavy atom. The lowest BCUT2D eigenvalue weighted by atomic mass is 10.0. The topological polar surface area (TPSA) is 20.3 Å². The second kappa shape index (κ2) is 5.74. The van der Waals surface area contributed by atoms with Crippen LogP contribution in [0.15, 0.2) is 41.3 Å². The molecule has 0 aromatic heterocycles. The number of aryl methyl sites for hydroxylation is 2. The van der Waals surface area contributed by atoms with Crippen LogP contribution in [0, 0.1) is 13.8 Å². The van der Waals surface area contributed by atoms with Gasteiger partial charge in [-0.1, -0.05) is 29.3 Å². The number of halogens is 1. The van der Waals surface area contributed by atoms with Crippen LogP contribution in [0.4, 0.5) is 5.69 Å². The molecule has 1 aliphatic heterocycles. The minimum absolute atomic E-state index is 0.0556. The second-order valence-corrected chi connectivity index (χ2v) is 6.81. The number of rotatable bonds is 1. The van der Waals surface area contributed by atoms with Crippen molar-refractivity contribution in [2.24, 2.45) is 0 Å². The van der Waals surface area contributed by atoms with Crippen molar-refractivity contribution in [2.75, 3.05) is 17.2 Å². The first-order valence-electron chi connectivity index (χ1n) is 6.88. The molecular weight excluding hydrogens is 302 g/mol. The van der Waals surface area contributed by atoms with Crippen LogP contribution >= 0.6 is 23.4 Å². The summed E-state index contributed by atoms with van der Waals surface area (Å²) in [6, 6.07) is 11.7. The molecule has 2 aromatic carbocycles. The number of thioether (sulfide) groups is 1. The third-order valence-electron chi connectivity index (χ3n) is 3.65. The van der Waals surface area contributed by atoms with Gasteiger partial charge in [0, 0.05) is 27.8 Å². The van der Waals surface area contributed by atoms with E-state index in [2.05, 4.69) is 0 Å². The van der Waals surface area contributed by atoms with E-state index in [1.165, 1.54) is 0 Å². The Morgan fingerprint density at radius 1 is 1.19 bits per heavy atom. The van der Waals surface area contributed by atoms with Gasteiger partial charge in [-0.3, -0.25) is 4.79 Å². The van der Waals surface area contributed by atoms with Crippen LogP contribution in [-0.2, 0) is 0 Å². The predicted molar refractivity (Wildman–Crippen MR) is 89.8 cm³/mol. The van der Waals surface area contributed by atoms with Crippen LogP contribution in [0.3, 0.4) is 0 Å². The third-order valence-corrected chi connectivity index (χ3v) is 4.93. The van der Waals surface area contributed by atoms with Crippen molar-refractivity contribution in [2.45, 2.75) is 18.7 Å². The summed E-state index contributed by atoms with van der Waals surface area (Å²) in [5.41, 5.74) is 3.80. The van der Waals surface area contributed by atoms with Gasteiger partial charge in [0.1, 0.15) is 0 Å². The molecule has 0 bridgehead atoms. The molecule has 108 valence electrons. The fourth-order valence-corrected chi connectivity index (χ4v) is 3.65. The quantitative estimate of drug-likeness (QED) is 0.759. The van der Waals surface area contributed by atoms with Crippen molar-refractivity contribution >= 4 is 35.0 Å². The number of carbonyl (C=O) groups excluding carboxylic acids is 1. The molecule has 0 aliphatic carbocycles. The van der Waals surface area contributed by atoms with Crippen LogP contribution in [0.2, 0.25) is 5.02 Å². The van der Waals surface area contributed by atoms with E-state index in [0.29, 0.717) is 11.6 Å². The van der Waals surface area contributed by atoms with E-state index >= 15 is 0 Å². The van der Waals surface area contributed by atoms with Gasteiger partial charge in [0.15, 0.2) is 0 Å². The number of anilines is 1. The van der Waals surface area contributed by atoms with Crippen molar-refractivity contribution in [1.82, 2.24) is 0 Å². The zero-order chi connectivity index (χ0) is 15.0. The molecule has 1 amide bonds. The van der Waals surface area contributed by atoms with E-state index in [0.717, 1.165) is 33.0 Å². The standard InChI is InChI=1S/C17H16ClNOS/c1-11-3-4-12(2)14(9-11)17(20)19-7-8-21-16-6-5-13(18)10-15(16)19/h3-6,9-10H,7-8H2,1-2H3. The van der Waals surface area contributed by atoms with Gasteiger partial charge in [-0.15, -0.1) is 11.8 Å². The summed E-state index contributed by atoms with van der Waals surface area (Å²) < 4.78 is 0. The molecule has 0 radical (unpaired) electrons. The molecule has 0 N–H and O–H groups in total. The largest absolute Gasteiger partial charge is 0.306 e. The molecule has 21 heavy (non-hydrogen) atoms. The van der Waals surface area contributed by atoms with Crippen molar-refractivity contribution in [3.63, 3.8) is 0 Å². The summed E-state index contributed by atoms with van der Waals surface area (Å²) in [5, 5.41) is 0.662. The van der Waals surface area contributed by atoms with Gasteiger partial charge in [0.2, 0.25) is 0 Å². The normalized spacial score (nSPS) is 14.0. The first-order chi connectivity index (χ1) is 10.1. The summed E-state index contributed by atoms with van der Waals surface area (Å²) in [4.78, 5) is 15.9. The highest BCUT2D eigenvalue weighted by Gasteiger charge is 2.25. The molecule has 0 unspecified atom stereocenters. The van der Waals surface area contributed by atoms with E-state index in [1.54, 1.807) is 11.8 Å². The minimum atomic E-state index is 0.0556. The Morgan fingerprint density at radius 3 is 2.81 bits per heavy atom. The minimum Gasteiger partial charge on any atom is -0.306 e. The van der Waals surface area contributed by atoms with E-state index in [1.807, 2.05) is 55.1 Å².